The fraction of sp³-hybridized carbons (Fsp3) is 0.381. The van der Waals surface area contributed by atoms with Gasteiger partial charge in [-0.1, -0.05) is 63.2 Å². The lowest BCUT2D eigenvalue weighted by Gasteiger charge is -2.19. The molecule has 0 aromatic heterocycles. The summed E-state index contributed by atoms with van der Waals surface area (Å²) >= 11 is 5.48. The molecule has 0 aliphatic rings. The van der Waals surface area contributed by atoms with Crippen LogP contribution in [0.5, 0.6) is 0 Å². The van der Waals surface area contributed by atoms with Crippen LogP contribution in [0.1, 0.15) is 62.8 Å². The Balaban J connectivity index is 1.98. The summed E-state index contributed by atoms with van der Waals surface area (Å²) < 4.78 is 0. The summed E-state index contributed by atoms with van der Waals surface area (Å²) in [6.07, 6.45) is 2.15. The van der Waals surface area contributed by atoms with E-state index in [1.165, 1.54) is 16.7 Å². The quantitative estimate of drug-likeness (QED) is 0.649. The van der Waals surface area contributed by atoms with E-state index in [1.807, 2.05) is 6.07 Å². The van der Waals surface area contributed by atoms with Crippen LogP contribution in [0.3, 0.4) is 0 Å². The molecule has 0 bridgehead atoms. The van der Waals surface area contributed by atoms with E-state index in [0.29, 0.717) is 11.0 Å². The van der Waals surface area contributed by atoms with Crippen molar-refractivity contribution in [2.45, 2.75) is 52.5 Å². The molecule has 2 nitrogen and oxygen atoms in total. The smallest absolute Gasteiger partial charge is 0.171 e. The molecule has 2 aromatic carbocycles. The van der Waals surface area contributed by atoms with Crippen LogP contribution in [0.25, 0.3) is 0 Å². The van der Waals surface area contributed by atoms with Crippen LogP contribution in [-0.4, -0.2) is 5.11 Å². The molecule has 0 radical (unpaired) electrons. The van der Waals surface area contributed by atoms with Gasteiger partial charge in [0.05, 0.1) is 6.04 Å². The number of thiocarbonyl (C=S) groups is 1. The molecule has 3 heteroatoms. The molecule has 2 N–H and O–H groups in total. The largest absolute Gasteiger partial charge is 0.356 e. The molecular formula is C21H28N2S. The van der Waals surface area contributed by atoms with Crippen LogP contribution >= 0.6 is 12.2 Å². The van der Waals surface area contributed by atoms with Gasteiger partial charge in [0.15, 0.2) is 5.11 Å². The molecule has 0 aliphatic carbocycles. The van der Waals surface area contributed by atoms with E-state index in [1.54, 1.807) is 0 Å². The highest BCUT2D eigenvalue weighted by Crippen LogP contribution is 2.21. The second-order valence-electron chi connectivity index (χ2n) is 6.31. The first-order valence-corrected chi connectivity index (χ1v) is 9.21. The number of nitrogens with one attached hydrogen (secondary N) is 2. The summed E-state index contributed by atoms with van der Waals surface area (Å²) in [6.45, 7) is 8.78. The summed E-state index contributed by atoms with van der Waals surface area (Å²) in [6, 6.07) is 17.3. The third kappa shape index (κ3) is 4.81. The van der Waals surface area contributed by atoms with Crippen molar-refractivity contribution in [3.63, 3.8) is 0 Å². The standard InChI is InChI=1S/C21H28N2S/c1-5-15(3)18-11-13-19(14-12-18)16(4)22-21(24)23-20-10-8-7-9-17(20)6-2/h7-16H,5-6H2,1-4H3,(H2,22,23,24). The molecule has 2 atom stereocenters. The van der Waals surface area contributed by atoms with Gasteiger partial charge in [0.25, 0.3) is 0 Å². The molecule has 0 saturated carbocycles. The molecule has 0 saturated heterocycles. The Bertz CT molecular complexity index is 664. The van der Waals surface area contributed by atoms with Gasteiger partial charge in [-0.25, -0.2) is 0 Å². The number of hydrogen-bond donors (Lipinski definition) is 2. The second-order valence-corrected chi connectivity index (χ2v) is 6.72. The Labute approximate surface area is 151 Å². The van der Waals surface area contributed by atoms with Crippen LogP contribution in [-0.2, 0) is 6.42 Å². The van der Waals surface area contributed by atoms with E-state index in [-0.39, 0.29) is 6.04 Å². The third-order valence-corrected chi connectivity index (χ3v) is 4.83. The molecule has 0 amide bonds. The minimum Gasteiger partial charge on any atom is -0.356 e. The number of hydrogen-bond acceptors (Lipinski definition) is 1. The van der Waals surface area contributed by atoms with Gasteiger partial charge in [-0.05, 0) is 60.7 Å². The first kappa shape index (κ1) is 18.5. The van der Waals surface area contributed by atoms with E-state index >= 15 is 0 Å². The minimum absolute atomic E-state index is 0.171. The average molecular weight is 341 g/mol. The Hall–Kier alpha value is -1.87. The minimum atomic E-state index is 0.171. The Kier molecular flexibility index (Phi) is 6.80. The maximum Gasteiger partial charge on any atom is 0.171 e. The van der Waals surface area contributed by atoms with E-state index < -0.39 is 0 Å². The van der Waals surface area contributed by atoms with Crippen LogP contribution in [0.2, 0.25) is 0 Å². The highest BCUT2D eigenvalue weighted by Gasteiger charge is 2.09. The third-order valence-electron chi connectivity index (χ3n) is 4.61. The molecule has 2 aromatic rings. The van der Waals surface area contributed by atoms with Gasteiger partial charge in [-0.2, -0.15) is 0 Å². The zero-order valence-electron chi connectivity index (χ0n) is 15.1. The monoisotopic (exact) mass is 340 g/mol. The molecule has 2 rings (SSSR count). The predicted octanol–water partition coefficient (Wildman–Crippen LogP) is 5.81. The Morgan fingerprint density at radius 2 is 1.58 bits per heavy atom. The number of anilines is 1. The van der Waals surface area contributed by atoms with Crippen molar-refractivity contribution in [1.82, 2.24) is 5.32 Å². The zero-order valence-corrected chi connectivity index (χ0v) is 15.9. The fourth-order valence-electron chi connectivity index (χ4n) is 2.74. The summed E-state index contributed by atoms with van der Waals surface area (Å²) in [7, 11) is 0. The Morgan fingerprint density at radius 3 is 2.21 bits per heavy atom. The summed E-state index contributed by atoms with van der Waals surface area (Å²) in [4.78, 5) is 0. The first-order chi connectivity index (χ1) is 11.5. The number of para-hydroxylation sites is 1. The fourth-order valence-corrected chi connectivity index (χ4v) is 3.02. The lowest BCUT2D eigenvalue weighted by molar-refractivity contribution is 0.713. The van der Waals surface area contributed by atoms with Gasteiger partial charge in [0.1, 0.15) is 0 Å². The second kappa shape index (κ2) is 8.84. The van der Waals surface area contributed by atoms with Crippen molar-refractivity contribution in [2.24, 2.45) is 0 Å². The van der Waals surface area contributed by atoms with E-state index in [4.69, 9.17) is 12.2 Å². The van der Waals surface area contributed by atoms with Crippen LogP contribution in [0.4, 0.5) is 5.69 Å². The van der Waals surface area contributed by atoms with Crippen molar-refractivity contribution in [1.29, 1.82) is 0 Å². The lowest BCUT2D eigenvalue weighted by Crippen LogP contribution is -2.31. The SMILES string of the molecule is CCc1ccccc1NC(=S)NC(C)c1ccc(C(C)CC)cc1. The first-order valence-electron chi connectivity index (χ1n) is 8.80. The topological polar surface area (TPSA) is 24.1 Å². The van der Waals surface area contributed by atoms with E-state index in [0.717, 1.165) is 18.5 Å². The van der Waals surface area contributed by atoms with Gasteiger partial charge in [0.2, 0.25) is 0 Å². The predicted molar refractivity (Wildman–Crippen MR) is 109 cm³/mol. The van der Waals surface area contributed by atoms with Gasteiger partial charge in [-0.3, -0.25) is 0 Å². The van der Waals surface area contributed by atoms with Crippen molar-refractivity contribution < 1.29 is 0 Å². The molecule has 24 heavy (non-hydrogen) atoms. The maximum absolute atomic E-state index is 5.48. The summed E-state index contributed by atoms with van der Waals surface area (Å²) in [5, 5.41) is 7.36. The number of benzene rings is 2. The highest BCUT2D eigenvalue weighted by molar-refractivity contribution is 7.80. The van der Waals surface area contributed by atoms with Crippen LogP contribution in [0.15, 0.2) is 48.5 Å². The van der Waals surface area contributed by atoms with Crippen LogP contribution in [0, 0.1) is 0 Å². The van der Waals surface area contributed by atoms with Crippen molar-refractivity contribution >= 4 is 23.0 Å². The highest BCUT2D eigenvalue weighted by atomic mass is 32.1. The van der Waals surface area contributed by atoms with Crippen LogP contribution < -0.4 is 10.6 Å². The maximum atomic E-state index is 5.48. The molecule has 128 valence electrons. The molecule has 2 unspecified atom stereocenters. The van der Waals surface area contributed by atoms with E-state index in [9.17, 15) is 0 Å². The zero-order chi connectivity index (χ0) is 17.5. The van der Waals surface area contributed by atoms with Gasteiger partial charge >= 0.3 is 0 Å². The van der Waals surface area contributed by atoms with Gasteiger partial charge in [0, 0.05) is 5.69 Å². The molecule has 0 heterocycles. The lowest BCUT2D eigenvalue weighted by atomic mass is 9.96. The van der Waals surface area contributed by atoms with Gasteiger partial charge in [-0.15, -0.1) is 0 Å². The van der Waals surface area contributed by atoms with Crippen molar-refractivity contribution in [3.05, 3.63) is 65.2 Å². The van der Waals surface area contributed by atoms with Crippen molar-refractivity contribution in [2.75, 3.05) is 5.32 Å². The summed E-state index contributed by atoms with van der Waals surface area (Å²) in [5.74, 6) is 0.607. The van der Waals surface area contributed by atoms with E-state index in [2.05, 4.69) is 80.8 Å². The summed E-state index contributed by atoms with van der Waals surface area (Å²) in [5.41, 5.74) is 4.99. The number of rotatable bonds is 6. The normalized spacial score (nSPS) is 13.2. The molecule has 0 spiro atoms. The number of aryl methyl sites for hydroxylation is 1. The Morgan fingerprint density at radius 1 is 0.958 bits per heavy atom. The molecule has 0 fully saturated rings. The molecular weight excluding hydrogens is 312 g/mol. The molecule has 0 aliphatic heterocycles. The van der Waals surface area contributed by atoms with Crippen molar-refractivity contribution in [3.8, 4) is 0 Å². The van der Waals surface area contributed by atoms with Gasteiger partial charge < -0.3 is 10.6 Å². The average Bonchev–Trinajstić information content (AvgIpc) is 2.61.